The Hall–Kier alpha value is -1.97. The SMILES string of the molecule is CC=CC(=O)Nc1ccc2c(c1)OCCO2. The summed E-state index contributed by atoms with van der Waals surface area (Å²) in [6, 6.07) is 5.34. The van der Waals surface area contributed by atoms with E-state index >= 15 is 0 Å². The summed E-state index contributed by atoms with van der Waals surface area (Å²) >= 11 is 0. The first kappa shape index (κ1) is 10.5. The Kier molecular flexibility index (Phi) is 3.10. The third-order valence-corrected chi connectivity index (χ3v) is 2.13. The summed E-state index contributed by atoms with van der Waals surface area (Å²) in [5.74, 6) is 1.24. The lowest BCUT2D eigenvalue weighted by atomic mass is 10.2. The smallest absolute Gasteiger partial charge is 0.248 e. The van der Waals surface area contributed by atoms with Gasteiger partial charge in [-0.3, -0.25) is 4.79 Å². The quantitative estimate of drug-likeness (QED) is 0.773. The number of hydrogen-bond acceptors (Lipinski definition) is 3. The summed E-state index contributed by atoms with van der Waals surface area (Å²) in [6.45, 7) is 2.90. The van der Waals surface area contributed by atoms with Crippen LogP contribution in [-0.2, 0) is 4.79 Å². The highest BCUT2D eigenvalue weighted by Gasteiger charge is 2.11. The zero-order valence-corrected chi connectivity index (χ0v) is 9.03. The molecule has 1 aromatic carbocycles. The number of nitrogens with one attached hydrogen (secondary N) is 1. The van der Waals surface area contributed by atoms with Crippen molar-refractivity contribution < 1.29 is 14.3 Å². The molecule has 0 spiro atoms. The van der Waals surface area contributed by atoms with Gasteiger partial charge in [0.05, 0.1) is 0 Å². The van der Waals surface area contributed by atoms with Gasteiger partial charge < -0.3 is 14.8 Å². The summed E-state index contributed by atoms with van der Waals surface area (Å²) in [4.78, 5) is 11.3. The van der Waals surface area contributed by atoms with E-state index < -0.39 is 0 Å². The van der Waals surface area contributed by atoms with Gasteiger partial charge in [0.1, 0.15) is 13.2 Å². The Balaban J connectivity index is 2.14. The van der Waals surface area contributed by atoms with Gasteiger partial charge in [-0.2, -0.15) is 0 Å². The Morgan fingerprint density at radius 1 is 1.31 bits per heavy atom. The van der Waals surface area contributed by atoms with Crippen molar-refractivity contribution in [1.29, 1.82) is 0 Å². The number of carbonyl (C=O) groups is 1. The third-order valence-electron chi connectivity index (χ3n) is 2.13. The van der Waals surface area contributed by atoms with E-state index in [1.165, 1.54) is 6.08 Å². The molecule has 84 valence electrons. The van der Waals surface area contributed by atoms with Gasteiger partial charge in [-0.25, -0.2) is 0 Å². The van der Waals surface area contributed by atoms with E-state index in [2.05, 4.69) is 5.32 Å². The van der Waals surface area contributed by atoms with Gasteiger partial charge in [0.2, 0.25) is 5.91 Å². The first-order chi connectivity index (χ1) is 7.79. The van der Waals surface area contributed by atoms with E-state index in [0.717, 1.165) is 5.75 Å². The number of amides is 1. The van der Waals surface area contributed by atoms with Gasteiger partial charge in [0.15, 0.2) is 11.5 Å². The van der Waals surface area contributed by atoms with Crippen molar-refractivity contribution in [2.75, 3.05) is 18.5 Å². The summed E-state index contributed by atoms with van der Waals surface area (Å²) in [6.07, 6.45) is 3.16. The molecule has 0 saturated heterocycles. The van der Waals surface area contributed by atoms with E-state index in [1.54, 1.807) is 31.2 Å². The molecule has 1 N–H and O–H groups in total. The van der Waals surface area contributed by atoms with Crippen molar-refractivity contribution in [1.82, 2.24) is 0 Å². The van der Waals surface area contributed by atoms with E-state index in [1.807, 2.05) is 0 Å². The molecular weight excluding hydrogens is 206 g/mol. The Morgan fingerprint density at radius 3 is 2.81 bits per heavy atom. The highest BCUT2D eigenvalue weighted by Crippen LogP contribution is 2.32. The monoisotopic (exact) mass is 219 g/mol. The Labute approximate surface area is 93.9 Å². The first-order valence-corrected chi connectivity index (χ1v) is 5.13. The van der Waals surface area contributed by atoms with E-state index in [0.29, 0.717) is 24.7 Å². The second-order valence-corrected chi connectivity index (χ2v) is 3.35. The third kappa shape index (κ3) is 2.34. The molecule has 1 aromatic rings. The topological polar surface area (TPSA) is 47.6 Å². The van der Waals surface area contributed by atoms with Crippen molar-refractivity contribution in [2.24, 2.45) is 0 Å². The van der Waals surface area contributed by atoms with Crippen LogP contribution in [-0.4, -0.2) is 19.1 Å². The minimum atomic E-state index is -0.154. The highest BCUT2D eigenvalue weighted by atomic mass is 16.6. The largest absolute Gasteiger partial charge is 0.486 e. The molecule has 0 bridgehead atoms. The van der Waals surface area contributed by atoms with Gasteiger partial charge in [-0.05, 0) is 25.1 Å². The molecule has 0 aliphatic carbocycles. The standard InChI is InChI=1S/C12H13NO3/c1-2-3-12(14)13-9-4-5-10-11(8-9)16-7-6-15-10/h2-5,8H,6-7H2,1H3,(H,13,14). The lowest BCUT2D eigenvalue weighted by Gasteiger charge is -2.18. The van der Waals surface area contributed by atoms with Crippen molar-refractivity contribution in [2.45, 2.75) is 6.92 Å². The zero-order valence-electron chi connectivity index (χ0n) is 9.03. The Bertz CT molecular complexity index is 426. The molecule has 0 unspecified atom stereocenters. The summed E-state index contributed by atoms with van der Waals surface area (Å²) in [5.41, 5.74) is 0.701. The summed E-state index contributed by atoms with van der Waals surface area (Å²) < 4.78 is 10.8. The number of ether oxygens (including phenoxy) is 2. The normalized spacial score (nSPS) is 13.8. The van der Waals surface area contributed by atoms with Crippen molar-refractivity contribution in [3.63, 3.8) is 0 Å². The molecule has 2 rings (SSSR count). The summed E-state index contributed by atoms with van der Waals surface area (Å²) in [5, 5.41) is 2.73. The summed E-state index contributed by atoms with van der Waals surface area (Å²) in [7, 11) is 0. The fraction of sp³-hybridized carbons (Fsp3) is 0.250. The number of anilines is 1. The second kappa shape index (κ2) is 4.70. The van der Waals surface area contributed by atoms with E-state index in [4.69, 9.17) is 9.47 Å². The molecule has 0 saturated carbocycles. The van der Waals surface area contributed by atoms with Crippen LogP contribution < -0.4 is 14.8 Å². The van der Waals surface area contributed by atoms with Crippen LogP contribution in [0.1, 0.15) is 6.92 Å². The maximum atomic E-state index is 11.3. The van der Waals surface area contributed by atoms with Gasteiger partial charge in [0, 0.05) is 11.8 Å². The second-order valence-electron chi connectivity index (χ2n) is 3.35. The molecule has 0 radical (unpaired) electrons. The fourth-order valence-electron chi connectivity index (χ4n) is 1.46. The Morgan fingerprint density at radius 2 is 2.06 bits per heavy atom. The molecule has 1 amide bonds. The highest BCUT2D eigenvalue weighted by molar-refractivity contribution is 5.99. The van der Waals surface area contributed by atoms with Crippen LogP contribution in [0.3, 0.4) is 0 Å². The minimum absolute atomic E-state index is 0.154. The van der Waals surface area contributed by atoms with Crippen LogP contribution in [0.5, 0.6) is 11.5 Å². The lowest BCUT2D eigenvalue weighted by Crippen LogP contribution is -2.16. The molecule has 0 atom stereocenters. The number of allylic oxidation sites excluding steroid dienone is 1. The van der Waals surface area contributed by atoms with Crippen LogP contribution in [0.25, 0.3) is 0 Å². The van der Waals surface area contributed by atoms with E-state index in [9.17, 15) is 4.79 Å². The van der Waals surface area contributed by atoms with Gasteiger partial charge in [-0.1, -0.05) is 6.08 Å². The van der Waals surface area contributed by atoms with Crippen LogP contribution in [0.2, 0.25) is 0 Å². The van der Waals surface area contributed by atoms with Gasteiger partial charge in [-0.15, -0.1) is 0 Å². The molecule has 1 heterocycles. The van der Waals surface area contributed by atoms with Crippen molar-refractivity contribution >= 4 is 11.6 Å². The molecular formula is C12H13NO3. The maximum absolute atomic E-state index is 11.3. The predicted molar refractivity (Wildman–Crippen MR) is 60.9 cm³/mol. The average Bonchev–Trinajstić information content (AvgIpc) is 2.29. The zero-order chi connectivity index (χ0) is 11.4. The molecule has 1 aliphatic rings. The number of rotatable bonds is 2. The van der Waals surface area contributed by atoms with Crippen molar-refractivity contribution in [3.8, 4) is 11.5 Å². The van der Waals surface area contributed by atoms with Crippen LogP contribution in [0.15, 0.2) is 30.4 Å². The van der Waals surface area contributed by atoms with Crippen LogP contribution in [0, 0.1) is 0 Å². The van der Waals surface area contributed by atoms with Crippen LogP contribution >= 0.6 is 0 Å². The molecule has 0 fully saturated rings. The first-order valence-electron chi connectivity index (χ1n) is 5.13. The van der Waals surface area contributed by atoms with Crippen molar-refractivity contribution in [3.05, 3.63) is 30.4 Å². The number of benzene rings is 1. The predicted octanol–water partition coefficient (Wildman–Crippen LogP) is 1.97. The molecule has 4 heteroatoms. The van der Waals surface area contributed by atoms with Gasteiger partial charge >= 0.3 is 0 Å². The lowest BCUT2D eigenvalue weighted by molar-refractivity contribution is -0.111. The minimum Gasteiger partial charge on any atom is -0.486 e. The molecule has 1 aliphatic heterocycles. The molecule has 16 heavy (non-hydrogen) atoms. The molecule has 4 nitrogen and oxygen atoms in total. The van der Waals surface area contributed by atoms with E-state index in [-0.39, 0.29) is 5.91 Å². The number of fused-ring (bicyclic) bond motifs is 1. The molecule has 0 aromatic heterocycles. The number of hydrogen-bond donors (Lipinski definition) is 1. The van der Waals surface area contributed by atoms with Gasteiger partial charge in [0.25, 0.3) is 0 Å². The number of carbonyl (C=O) groups excluding carboxylic acids is 1. The van der Waals surface area contributed by atoms with Crippen LogP contribution in [0.4, 0.5) is 5.69 Å². The fourth-order valence-corrected chi connectivity index (χ4v) is 1.46. The average molecular weight is 219 g/mol. The maximum Gasteiger partial charge on any atom is 0.248 e.